The monoisotopic (exact) mass is 854 g/mol. The van der Waals surface area contributed by atoms with E-state index in [2.05, 4.69) is 53.1 Å². The number of pyridine rings is 1. The molecule has 23 heteroatoms. The smallest absolute Gasteiger partial charge is 0.350 e. The predicted molar refractivity (Wildman–Crippen MR) is 212 cm³/mol. The first-order valence-corrected chi connectivity index (χ1v) is 21.1. The Morgan fingerprint density at radius 3 is 1.64 bits per heavy atom. The third-order valence-electron chi connectivity index (χ3n) is 8.98. The number of imide groups is 1. The topological polar surface area (TPSA) is 291 Å². The maximum Gasteiger partial charge on any atom is 0.350 e. The summed E-state index contributed by atoms with van der Waals surface area (Å²) in [6, 6.07) is 6.29. The number of hydrogen-bond acceptors (Lipinski definition) is 17. The van der Waals surface area contributed by atoms with E-state index in [1.807, 2.05) is 41.7 Å². The van der Waals surface area contributed by atoms with Gasteiger partial charge in [0.05, 0.1) is 24.2 Å². The van der Waals surface area contributed by atoms with Gasteiger partial charge in [0.25, 0.3) is 11.8 Å². The predicted octanol–water partition coefficient (Wildman–Crippen LogP) is -0.470. The minimum atomic E-state index is -0.906. The zero-order valence-electron chi connectivity index (χ0n) is 32.5. The molecule has 6 heterocycles. The second-order valence-electron chi connectivity index (χ2n) is 13.1. The summed E-state index contributed by atoms with van der Waals surface area (Å²) < 4.78 is 0. The van der Waals surface area contributed by atoms with Crippen molar-refractivity contribution >= 4 is 71.2 Å². The van der Waals surface area contributed by atoms with Crippen LogP contribution in [-0.2, 0) is 43.3 Å². The van der Waals surface area contributed by atoms with Gasteiger partial charge in [-0.15, -0.1) is 16.0 Å². The average molecular weight is 855 g/mol. The lowest BCUT2D eigenvalue weighted by molar-refractivity contribution is -0.198. The Hall–Kier alpha value is -4.71. The third-order valence-corrected chi connectivity index (χ3v) is 12.0. The molecule has 0 unspecified atom stereocenters. The summed E-state index contributed by atoms with van der Waals surface area (Å²) in [6.07, 6.45) is 8.95. The van der Waals surface area contributed by atoms with Crippen molar-refractivity contribution in [1.82, 2.24) is 47.6 Å². The van der Waals surface area contributed by atoms with E-state index in [1.54, 1.807) is 12.4 Å². The number of rotatable bonds is 17. The fraction of sp³-hybridized carbons (Fsp3) is 0.629. The minimum absolute atomic E-state index is 0.0121. The molecule has 1 aromatic rings. The number of thioether (sulfide) groups is 2. The number of hydrogen-bond donors (Lipinski definition) is 8. The number of fused-ring (bicyclic) bond motifs is 2. The van der Waals surface area contributed by atoms with E-state index in [0.717, 1.165) is 43.6 Å². The van der Waals surface area contributed by atoms with Crippen LogP contribution in [-0.4, -0.2) is 131 Å². The maximum atomic E-state index is 11.7. The van der Waals surface area contributed by atoms with E-state index in [9.17, 15) is 38.4 Å². The van der Waals surface area contributed by atoms with E-state index in [4.69, 9.17) is 9.68 Å². The highest BCUT2D eigenvalue weighted by molar-refractivity contribution is 8.00. The number of unbranched alkanes of at least 4 members (excludes halogenated alkanes) is 2. The lowest BCUT2D eigenvalue weighted by Gasteiger charge is -2.16. The highest BCUT2D eigenvalue weighted by Crippen LogP contribution is 2.34. The SMILES string of the molecule is CN.CNC(=O)CNOC(=O)CCCC[C@@H]1SC[C@@H]2NC(=O)N[C@@H]21.O=C1N[C@H]2[C@H](CS[C@H]2CCCCC(=O)ONCC(=O)ON2C(=O)CCC2=O)N1.c1ccncc1. The molecule has 6 atom stereocenters. The van der Waals surface area contributed by atoms with Crippen molar-refractivity contribution in [1.29, 1.82) is 0 Å². The summed E-state index contributed by atoms with van der Waals surface area (Å²) in [5.41, 5.74) is 9.00. The van der Waals surface area contributed by atoms with Crippen molar-refractivity contribution in [3.63, 3.8) is 0 Å². The number of nitrogens with zero attached hydrogens (tertiary/aromatic N) is 2. The normalized spacial score (nSPS) is 23.4. The Morgan fingerprint density at radius 2 is 1.21 bits per heavy atom. The molecule has 5 saturated heterocycles. The van der Waals surface area contributed by atoms with Gasteiger partial charge in [-0.1, -0.05) is 18.9 Å². The molecule has 9 N–H and O–H groups in total. The number of hydroxylamine groups is 4. The fourth-order valence-corrected chi connectivity index (χ4v) is 9.26. The van der Waals surface area contributed by atoms with Crippen LogP contribution in [0.3, 0.4) is 0 Å². The number of nitrogens with two attached hydrogens (primary N) is 1. The second-order valence-corrected chi connectivity index (χ2v) is 15.6. The molecule has 5 aliphatic rings. The molecule has 0 aliphatic carbocycles. The molecule has 0 aromatic carbocycles. The van der Waals surface area contributed by atoms with Crippen LogP contribution in [0.2, 0.25) is 0 Å². The zero-order valence-corrected chi connectivity index (χ0v) is 34.2. The largest absolute Gasteiger partial charge is 0.370 e. The number of aromatic nitrogens is 1. The van der Waals surface area contributed by atoms with Crippen molar-refractivity contribution in [2.75, 3.05) is 38.7 Å². The lowest BCUT2D eigenvalue weighted by atomic mass is 10.0. The number of amides is 7. The first kappa shape index (κ1) is 47.7. The molecule has 6 rings (SSSR count). The van der Waals surface area contributed by atoms with Gasteiger partial charge in [-0.05, 0) is 44.9 Å². The first-order valence-electron chi connectivity index (χ1n) is 19.0. The summed E-state index contributed by atoms with van der Waals surface area (Å²) in [4.78, 5) is 109. The third kappa shape index (κ3) is 16.6. The molecule has 0 spiro atoms. The minimum Gasteiger partial charge on any atom is -0.370 e. The molecule has 0 bridgehead atoms. The molecule has 0 saturated carbocycles. The first-order chi connectivity index (χ1) is 28.0. The molecule has 1 aromatic heterocycles. The van der Waals surface area contributed by atoms with Gasteiger partial charge in [-0.2, -0.15) is 23.5 Å². The van der Waals surface area contributed by atoms with E-state index in [0.29, 0.717) is 28.4 Å². The van der Waals surface area contributed by atoms with Gasteiger partial charge in [0.15, 0.2) is 0 Å². The number of carbonyl (C=O) groups is 8. The second kappa shape index (κ2) is 26.3. The van der Waals surface area contributed by atoms with E-state index < -0.39 is 30.3 Å². The standard InChI is InChI=1S/C16H22N4O7S.C13H22N4O4S.C5H5N.CH5N/c21-11-5-6-12(22)20(11)27-14(24)7-17-26-13(23)4-2-1-3-10-15-9(8-28-10)18-16(25)19-15;1-14-10(18)6-15-21-11(19)5-3-2-4-9-12-8(7-22-9)16-13(20)17-12;1-2-4-6-5-3-1;1-2/h9-10,15,17H,1-8H2,(H2,18,19,25);8-9,12,15H,2-7H2,1H3,(H,14,18)(H2,16,17,20);1-5H;2H2,1H3/t9-,10-,15-;8-,9-,12-;;/m00../s1. The average Bonchev–Trinajstić information content (AvgIpc) is 4.04. The lowest BCUT2D eigenvalue weighted by Crippen LogP contribution is -2.36. The van der Waals surface area contributed by atoms with Gasteiger partial charge < -0.3 is 46.8 Å². The van der Waals surface area contributed by atoms with E-state index >= 15 is 0 Å². The van der Waals surface area contributed by atoms with Crippen LogP contribution in [0.4, 0.5) is 9.59 Å². The number of likely N-dealkylation sites (N-methyl/N-ethyl adjacent to an activating group) is 1. The Morgan fingerprint density at radius 1 is 0.724 bits per heavy atom. The Balaban J connectivity index is 0.000000266. The van der Waals surface area contributed by atoms with Crippen molar-refractivity contribution in [3.8, 4) is 0 Å². The van der Waals surface area contributed by atoms with Crippen LogP contribution in [0, 0.1) is 0 Å². The van der Waals surface area contributed by atoms with Gasteiger partial charge in [0.2, 0.25) is 5.91 Å². The summed E-state index contributed by atoms with van der Waals surface area (Å²) in [5, 5.41) is 15.3. The van der Waals surface area contributed by atoms with Crippen molar-refractivity contribution in [2.24, 2.45) is 5.73 Å². The molecular formula is C35H54N10O11S2. The molecular weight excluding hydrogens is 801 g/mol. The number of nitrogens with one attached hydrogen (secondary N) is 7. The Labute approximate surface area is 344 Å². The van der Waals surface area contributed by atoms with Gasteiger partial charge in [-0.3, -0.25) is 29.0 Å². The summed E-state index contributed by atoms with van der Waals surface area (Å²) in [6.45, 7) is -0.520. The van der Waals surface area contributed by atoms with Crippen molar-refractivity contribution < 1.29 is 52.9 Å². The Kier molecular flexibility index (Phi) is 21.6. The zero-order chi connectivity index (χ0) is 42.3. The van der Waals surface area contributed by atoms with Gasteiger partial charge in [-0.25, -0.2) is 14.4 Å². The molecule has 21 nitrogen and oxygen atoms in total. The van der Waals surface area contributed by atoms with E-state index in [-0.39, 0.29) is 73.9 Å². The molecule has 5 fully saturated rings. The van der Waals surface area contributed by atoms with Crippen LogP contribution in [0.25, 0.3) is 0 Å². The quantitative estimate of drug-likeness (QED) is 0.0425. The van der Waals surface area contributed by atoms with Gasteiger partial charge in [0, 0.05) is 67.1 Å². The number of carbonyl (C=O) groups excluding carboxylic acids is 8. The van der Waals surface area contributed by atoms with Crippen molar-refractivity contribution in [2.45, 2.75) is 98.9 Å². The van der Waals surface area contributed by atoms with Crippen LogP contribution < -0.4 is 43.3 Å². The van der Waals surface area contributed by atoms with E-state index in [1.165, 1.54) is 14.1 Å². The molecule has 0 radical (unpaired) electrons. The number of urea groups is 2. The van der Waals surface area contributed by atoms with Gasteiger partial charge in [0.1, 0.15) is 13.1 Å². The molecule has 58 heavy (non-hydrogen) atoms. The Bertz CT molecular complexity index is 1490. The summed E-state index contributed by atoms with van der Waals surface area (Å²) in [7, 11) is 3.01. The molecule has 322 valence electrons. The molecule has 7 amide bonds. The molecule has 5 aliphatic heterocycles. The summed E-state index contributed by atoms with van der Waals surface area (Å²) >= 11 is 3.68. The highest BCUT2D eigenvalue weighted by Gasteiger charge is 2.43. The van der Waals surface area contributed by atoms with Gasteiger partial charge >= 0.3 is 30.0 Å². The van der Waals surface area contributed by atoms with Crippen LogP contribution >= 0.6 is 23.5 Å². The van der Waals surface area contributed by atoms with Crippen LogP contribution in [0.1, 0.15) is 64.2 Å². The summed E-state index contributed by atoms with van der Waals surface area (Å²) in [5.74, 6) is -1.34. The van der Waals surface area contributed by atoms with Crippen molar-refractivity contribution in [3.05, 3.63) is 30.6 Å². The van der Waals surface area contributed by atoms with Crippen LogP contribution in [0.5, 0.6) is 0 Å². The highest BCUT2D eigenvalue weighted by atomic mass is 32.2. The fourth-order valence-electron chi connectivity index (χ4n) is 6.17. The van der Waals surface area contributed by atoms with Crippen LogP contribution in [0.15, 0.2) is 30.6 Å². The maximum absolute atomic E-state index is 11.7.